The molecule has 0 bridgehead atoms. The summed E-state index contributed by atoms with van der Waals surface area (Å²) in [7, 11) is 0. The van der Waals surface area contributed by atoms with Gasteiger partial charge in [0.2, 0.25) is 0 Å². The molecule has 0 atom stereocenters. The molecule has 0 aliphatic rings. The fraction of sp³-hybridized carbons (Fsp3) is 0.429. The van der Waals surface area contributed by atoms with E-state index in [0.717, 1.165) is 11.7 Å². The van der Waals surface area contributed by atoms with Crippen LogP contribution < -0.4 is 4.74 Å². The van der Waals surface area contributed by atoms with E-state index in [9.17, 15) is 0 Å². The van der Waals surface area contributed by atoms with Crippen LogP contribution in [0.15, 0.2) is 29.0 Å². The Balaban J connectivity index is 1.79. The summed E-state index contributed by atoms with van der Waals surface area (Å²) in [5, 5.41) is 5.33. The third-order valence-electron chi connectivity index (χ3n) is 2.63. The molecule has 0 saturated carbocycles. The summed E-state index contributed by atoms with van der Waals surface area (Å²) in [4.78, 5) is 1.30. The molecule has 2 rings (SSSR count). The fourth-order valence-corrected chi connectivity index (χ4v) is 3.27. The van der Waals surface area contributed by atoms with E-state index in [1.807, 2.05) is 0 Å². The first-order chi connectivity index (χ1) is 8.40. The predicted molar refractivity (Wildman–Crippen MR) is 77.3 cm³/mol. The van der Waals surface area contributed by atoms with Crippen molar-refractivity contribution < 1.29 is 4.74 Å². The van der Waals surface area contributed by atoms with E-state index >= 15 is 0 Å². The normalized spacial score (nSPS) is 10.6. The molecule has 0 spiro atoms. The molecular weight excluding hydrogens is 248 g/mol. The number of rotatable bonds is 7. The van der Waals surface area contributed by atoms with Gasteiger partial charge in [-0.25, -0.2) is 0 Å². The van der Waals surface area contributed by atoms with Crippen LogP contribution >= 0.6 is 22.7 Å². The van der Waals surface area contributed by atoms with Crippen LogP contribution in [0.1, 0.15) is 32.6 Å². The minimum atomic E-state index is 0.851. The van der Waals surface area contributed by atoms with Crippen LogP contribution in [0.4, 0.5) is 0 Å². The Morgan fingerprint density at radius 1 is 1.12 bits per heavy atom. The number of unbranched alkanes of at least 4 members (excludes halogenated alkanes) is 3. The van der Waals surface area contributed by atoms with E-state index in [2.05, 4.69) is 35.9 Å². The Labute approximate surface area is 111 Å². The molecule has 92 valence electrons. The highest BCUT2D eigenvalue weighted by atomic mass is 32.1. The first kappa shape index (κ1) is 12.7. The largest absolute Gasteiger partial charge is 0.484 e. The molecule has 0 fully saturated rings. The summed E-state index contributed by atoms with van der Waals surface area (Å²) < 4.78 is 5.75. The van der Waals surface area contributed by atoms with Gasteiger partial charge >= 0.3 is 0 Å². The fourth-order valence-electron chi connectivity index (χ4n) is 1.66. The molecule has 3 heteroatoms. The summed E-state index contributed by atoms with van der Waals surface area (Å²) in [5.41, 5.74) is 1.31. The van der Waals surface area contributed by atoms with Crippen molar-refractivity contribution in [2.24, 2.45) is 0 Å². The van der Waals surface area contributed by atoms with Crippen molar-refractivity contribution in [3.63, 3.8) is 0 Å². The molecule has 0 saturated heterocycles. The highest BCUT2D eigenvalue weighted by Crippen LogP contribution is 2.34. The maximum absolute atomic E-state index is 5.75. The van der Waals surface area contributed by atoms with E-state index in [1.54, 1.807) is 22.7 Å². The maximum Gasteiger partial charge on any atom is 0.174 e. The van der Waals surface area contributed by atoms with Gasteiger partial charge in [0.1, 0.15) is 0 Å². The van der Waals surface area contributed by atoms with E-state index in [4.69, 9.17) is 4.74 Å². The van der Waals surface area contributed by atoms with E-state index in [-0.39, 0.29) is 0 Å². The van der Waals surface area contributed by atoms with Gasteiger partial charge in [0, 0.05) is 10.4 Å². The molecule has 0 aliphatic carbocycles. The van der Waals surface area contributed by atoms with Crippen molar-refractivity contribution in [1.29, 1.82) is 0 Å². The average molecular weight is 266 g/mol. The van der Waals surface area contributed by atoms with Gasteiger partial charge in [0.15, 0.2) is 5.06 Å². The highest BCUT2D eigenvalue weighted by molar-refractivity contribution is 7.17. The Morgan fingerprint density at radius 3 is 2.82 bits per heavy atom. The van der Waals surface area contributed by atoms with Crippen molar-refractivity contribution in [2.75, 3.05) is 6.61 Å². The van der Waals surface area contributed by atoms with Gasteiger partial charge < -0.3 is 4.74 Å². The van der Waals surface area contributed by atoms with Gasteiger partial charge in [-0.15, -0.1) is 0 Å². The zero-order chi connectivity index (χ0) is 11.9. The van der Waals surface area contributed by atoms with Crippen LogP contribution in [-0.2, 0) is 0 Å². The van der Waals surface area contributed by atoms with Crippen molar-refractivity contribution in [3.8, 4) is 15.5 Å². The number of hydrogen-bond acceptors (Lipinski definition) is 3. The first-order valence-corrected chi connectivity index (χ1v) is 7.91. The minimum Gasteiger partial charge on any atom is -0.484 e. The second kappa shape index (κ2) is 6.82. The molecule has 1 nitrogen and oxygen atoms in total. The van der Waals surface area contributed by atoms with Crippen LogP contribution in [0, 0.1) is 0 Å². The Hall–Kier alpha value is -0.800. The zero-order valence-corrected chi connectivity index (χ0v) is 11.8. The molecule has 17 heavy (non-hydrogen) atoms. The molecule has 0 radical (unpaired) electrons. The lowest BCUT2D eigenvalue weighted by molar-refractivity contribution is 0.313. The summed E-state index contributed by atoms with van der Waals surface area (Å²) in [6.45, 7) is 3.08. The Morgan fingerprint density at radius 2 is 2.06 bits per heavy atom. The van der Waals surface area contributed by atoms with Gasteiger partial charge in [0.05, 0.1) is 6.61 Å². The van der Waals surface area contributed by atoms with E-state index in [0.29, 0.717) is 0 Å². The molecule has 2 heterocycles. The highest BCUT2D eigenvalue weighted by Gasteiger charge is 2.03. The standard InChI is InChI=1S/C14H18OS2/c1-2-3-4-5-9-15-14-7-6-13(17-14)12-8-10-16-11-12/h6-8,10-11H,2-5,9H2,1H3. The second-order valence-corrected chi connectivity index (χ2v) is 5.87. The quantitative estimate of drug-likeness (QED) is 0.607. The molecular formula is C14H18OS2. The van der Waals surface area contributed by atoms with Crippen molar-refractivity contribution >= 4 is 22.7 Å². The molecule has 0 aliphatic heterocycles. The van der Waals surface area contributed by atoms with Gasteiger partial charge in [-0.1, -0.05) is 37.5 Å². The third-order valence-corrected chi connectivity index (χ3v) is 4.36. The second-order valence-electron chi connectivity index (χ2n) is 4.04. The zero-order valence-electron chi connectivity index (χ0n) is 10.1. The summed E-state index contributed by atoms with van der Waals surface area (Å²) in [5.74, 6) is 0. The molecule has 0 amide bonds. The van der Waals surface area contributed by atoms with E-state index < -0.39 is 0 Å². The Bertz CT molecular complexity index is 417. The lowest BCUT2D eigenvalue weighted by Crippen LogP contribution is -1.94. The molecule has 0 aromatic carbocycles. The Kier molecular flexibility index (Phi) is 5.08. The monoisotopic (exact) mass is 266 g/mol. The van der Waals surface area contributed by atoms with Gasteiger partial charge in [-0.3, -0.25) is 0 Å². The lowest BCUT2D eigenvalue weighted by Gasteiger charge is -2.02. The van der Waals surface area contributed by atoms with E-state index in [1.165, 1.54) is 36.1 Å². The SMILES string of the molecule is CCCCCCOc1ccc(-c2ccsc2)s1. The average Bonchev–Trinajstić information content (AvgIpc) is 2.99. The third kappa shape index (κ3) is 3.86. The topological polar surface area (TPSA) is 9.23 Å². The molecule has 2 aromatic heterocycles. The smallest absolute Gasteiger partial charge is 0.174 e. The molecule has 0 unspecified atom stereocenters. The van der Waals surface area contributed by atoms with Crippen LogP contribution in [0.3, 0.4) is 0 Å². The van der Waals surface area contributed by atoms with Crippen LogP contribution in [-0.4, -0.2) is 6.61 Å². The molecule has 2 aromatic rings. The summed E-state index contributed by atoms with van der Waals surface area (Å²) in [6.07, 6.45) is 5.04. The van der Waals surface area contributed by atoms with Crippen molar-refractivity contribution in [3.05, 3.63) is 29.0 Å². The van der Waals surface area contributed by atoms with Crippen LogP contribution in [0.5, 0.6) is 5.06 Å². The van der Waals surface area contributed by atoms with Crippen LogP contribution in [0.2, 0.25) is 0 Å². The van der Waals surface area contributed by atoms with Gasteiger partial charge in [-0.2, -0.15) is 11.3 Å². The number of ether oxygens (including phenoxy) is 1. The molecule has 0 N–H and O–H groups in total. The lowest BCUT2D eigenvalue weighted by atomic mass is 10.2. The maximum atomic E-state index is 5.75. The summed E-state index contributed by atoms with van der Waals surface area (Å²) >= 11 is 3.48. The van der Waals surface area contributed by atoms with Crippen LogP contribution in [0.25, 0.3) is 10.4 Å². The predicted octanol–water partition coefficient (Wildman–Crippen LogP) is 5.44. The first-order valence-electron chi connectivity index (χ1n) is 6.15. The van der Waals surface area contributed by atoms with Gasteiger partial charge in [-0.05, 0) is 35.4 Å². The van der Waals surface area contributed by atoms with Crippen molar-refractivity contribution in [2.45, 2.75) is 32.6 Å². The minimum absolute atomic E-state index is 0.851. The van der Waals surface area contributed by atoms with Gasteiger partial charge in [0.25, 0.3) is 0 Å². The number of thiophene rings is 2. The summed E-state index contributed by atoms with van der Waals surface area (Å²) in [6, 6.07) is 6.38. The number of hydrogen-bond donors (Lipinski definition) is 0. The van der Waals surface area contributed by atoms with Crippen molar-refractivity contribution in [1.82, 2.24) is 0 Å².